The Hall–Kier alpha value is -1.39. The Morgan fingerprint density at radius 1 is 1.50 bits per heavy atom. The maximum atomic E-state index is 11.8. The molecule has 0 radical (unpaired) electrons. The van der Waals surface area contributed by atoms with Crippen molar-refractivity contribution in [2.24, 2.45) is 0 Å². The predicted octanol–water partition coefficient (Wildman–Crippen LogP) is 1.86. The molecule has 84 valence electrons. The van der Waals surface area contributed by atoms with E-state index in [1.165, 1.54) is 0 Å². The fourth-order valence-electron chi connectivity index (χ4n) is 1.47. The van der Waals surface area contributed by atoms with Gasteiger partial charge < -0.3 is 10.3 Å². The summed E-state index contributed by atoms with van der Waals surface area (Å²) in [6.07, 6.45) is 0. The maximum Gasteiger partial charge on any atom is 0.258 e. The maximum absolute atomic E-state index is 11.8. The molecule has 0 aliphatic carbocycles. The van der Waals surface area contributed by atoms with Crippen molar-refractivity contribution in [2.75, 3.05) is 7.05 Å². The van der Waals surface area contributed by atoms with E-state index in [2.05, 4.69) is 15.3 Å². The van der Waals surface area contributed by atoms with Crippen LogP contribution in [-0.4, -0.2) is 17.0 Å². The van der Waals surface area contributed by atoms with Gasteiger partial charge in [-0.15, -0.1) is 0 Å². The third-order valence-electron chi connectivity index (χ3n) is 2.53. The number of H-pyrrole nitrogens is 1. The van der Waals surface area contributed by atoms with Crippen LogP contribution in [-0.2, 0) is 0 Å². The van der Waals surface area contributed by atoms with Gasteiger partial charge in [0.2, 0.25) is 0 Å². The quantitative estimate of drug-likeness (QED) is 0.838. The van der Waals surface area contributed by atoms with Crippen LogP contribution in [0.2, 0.25) is 5.02 Å². The summed E-state index contributed by atoms with van der Waals surface area (Å²) >= 11 is 5.83. The number of rotatable bonds is 2. The van der Waals surface area contributed by atoms with E-state index in [4.69, 9.17) is 11.6 Å². The minimum Gasteiger partial charge on any atom is -0.311 e. The number of halogens is 1. The van der Waals surface area contributed by atoms with Crippen LogP contribution in [0.25, 0.3) is 10.9 Å². The van der Waals surface area contributed by atoms with Crippen molar-refractivity contribution in [1.29, 1.82) is 0 Å². The summed E-state index contributed by atoms with van der Waals surface area (Å²) in [5, 5.41) is 4.08. The molecule has 2 rings (SSSR count). The predicted molar refractivity (Wildman–Crippen MR) is 64.8 cm³/mol. The van der Waals surface area contributed by atoms with Crippen molar-refractivity contribution >= 4 is 22.5 Å². The number of hydrogen-bond donors (Lipinski definition) is 2. The molecule has 0 bridgehead atoms. The van der Waals surface area contributed by atoms with Gasteiger partial charge in [-0.2, -0.15) is 0 Å². The van der Waals surface area contributed by atoms with E-state index in [1.807, 2.05) is 14.0 Å². The summed E-state index contributed by atoms with van der Waals surface area (Å²) in [4.78, 5) is 18.9. The number of aromatic amines is 1. The van der Waals surface area contributed by atoms with Crippen molar-refractivity contribution in [1.82, 2.24) is 15.3 Å². The summed E-state index contributed by atoms with van der Waals surface area (Å²) in [7, 11) is 1.82. The van der Waals surface area contributed by atoms with Crippen molar-refractivity contribution in [3.05, 3.63) is 39.4 Å². The molecule has 0 aliphatic rings. The van der Waals surface area contributed by atoms with E-state index in [0.717, 1.165) is 0 Å². The Morgan fingerprint density at radius 3 is 2.94 bits per heavy atom. The molecule has 0 spiro atoms. The molecule has 0 aliphatic heterocycles. The van der Waals surface area contributed by atoms with Crippen LogP contribution in [0.1, 0.15) is 18.8 Å². The van der Waals surface area contributed by atoms with Crippen molar-refractivity contribution < 1.29 is 0 Å². The van der Waals surface area contributed by atoms with Gasteiger partial charge in [0, 0.05) is 5.02 Å². The third-order valence-corrected chi connectivity index (χ3v) is 2.76. The van der Waals surface area contributed by atoms with Crippen LogP contribution in [0.15, 0.2) is 23.0 Å². The van der Waals surface area contributed by atoms with Crippen LogP contribution in [0, 0.1) is 0 Å². The summed E-state index contributed by atoms with van der Waals surface area (Å²) < 4.78 is 0. The minimum atomic E-state index is -0.162. The first-order chi connectivity index (χ1) is 7.61. The zero-order valence-electron chi connectivity index (χ0n) is 9.04. The van der Waals surface area contributed by atoms with E-state index in [0.29, 0.717) is 21.7 Å². The first-order valence-electron chi connectivity index (χ1n) is 4.98. The first-order valence-corrected chi connectivity index (χ1v) is 5.36. The molecule has 1 heterocycles. The van der Waals surface area contributed by atoms with E-state index < -0.39 is 0 Å². The van der Waals surface area contributed by atoms with Crippen molar-refractivity contribution in [3.63, 3.8) is 0 Å². The van der Waals surface area contributed by atoms with Crippen molar-refractivity contribution in [3.8, 4) is 0 Å². The highest BCUT2D eigenvalue weighted by molar-refractivity contribution is 6.31. The van der Waals surface area contributed by atoms with Gasteiger partial charge in [0.25, 0.3) is 5.56 Å². The number of nitrogens with zero attached hydrogens (tertiary/aromatic N) is 1. The summed E-state index contributed by atoms with van der Waals surface area (Å²) in [5.41, 5.74) is 0.495. The highest BCUT2D eigenvalue weighted by Crippen LogP contribution is 2.15. The van der Waals surface area contributed by atoms with E-state index >= 15 is 0 Å². The molecule has 1 aromatic heterocycles. The molecule has 0 saturated carbocycles. The number of hydrogen-bond acceptors (Lipinski definition) is 3. The fourth-order valence-corrected chi connectivity index (χ4v) is 1.64. The molecular weight excluding hydrogens is 226 g/mol. The molecule has 0 saturated heterocycles. The average molecular weight is 238 g/mol. The molecule has 0 fully saturated rings. The van der Waals surface area contributed by atoms with Crippen molar-refractivity contribution in [2.45, 2.75) is 13.0 Å². The van der Waals surface area contributed by atoms with Gasteiger partial charge >= 0.3 is 0 Å². The fraction of sp³-hybridized carbons (Fsp3) is 0.273. The van der Waals surface area contributed by atoms with Gasteiger partial charge in [-0.1, -0.05) is 11.6 Å². The Morgan fingerprint density at radius 2 is 2.25 bits per heavy atom. The lowest BCUT2D eigenvalue weighted by Crippen LogP contribution is -2.20. The molecule has 1 atom stereocenters. The highest BCUT2D eigenvalue weighted by Gasteiger charge is 2.08. The molecular formula is C11H12ClN3O. The third kappa shape index (κ3) is 1.94. The van der Waals surface area contributed by atoms with Crippen LogP contribution >= 0.6 is 11.6 Å². The first kappa shape index (κ1) is 11.1. The number of aromatic nitrogens is 2. The van der Waals surface area contributed by atoms with Gasteiger partial charge in [-0.25, -0.2) is 4.98 Å². The number of fused-ring (bicyclic) bond motifs is 1. The second-order valence-electron chi connectivity index (χ2n) is 3.62. The summed E-state index contributed by atoms with van der Waals surface area (Å²) in [6, 6.07) is 5.10. The zero-order chi connectivity index (χ0) is 11.7. The molecule has 2 N–H and O–H groups in total. The lowest BCUT2D eigenvalue weighted by atomic mass is 10.2. The Balaban J connectivity index is 2.69. The topological polar surface area (TPSA) is 57.8 Å². The average Bonchev–Trinajstić information content (AvgIpc) is 2.28. The molecule has 16 heavy (non-hydrogen) atoms. The molecule has 1 aromatic carbocycles. The SMILES string of the molecule is CNC(C)c1nc2ccc(Cl)cc2c(=O)[nH]1. The molecule has 2 aromatic rings. The minimum absolute atomic E-state index is 0.00720. The number of benzene rings is 1. The summed E-state index contributed by atoms with van der Waals surface area (Å²) in [6.45, 7) is 1.93. The van der Waals surface area contributed by atoms with Gasteiger partial charge in [-0.05, 0) is 32.2 Å². The zero-order valence-corrected chi connectivity index (χ0v) is 9.80. The Kier molecular flexibility index (Phi) is 2.94. The van der Waals surface area contributed by atoms with E-state index in [-0.39, 0.29) is 11.6 Å². The second kappa shape index (κ2) is 4.23. The van der Waals surface area contributed by atoms with Crippen LogP contribution in [0.4, 0.5) is 0 Å². The van der Waals surface area contributed by atoms with Gasteiger partial charge in [0.1, 0.15) is 5.82 Å². The van der Waals surface area contributed by atoms with Gasteiger partial charge in [-0.3, -0.25) is 4.79 Å². The van der Waals surface area contributed by atoms with E-state index in [9.17, 15) is 4.79 Å². The largest absolute Gasteiger partial charge is 0.311 e. The van der Waals surface area contributed by atoms with Crippen LogP contribution < -0.4 is 10.9 Å². The lowest BCUT2D eigenvalue weighted by Gasteiger charge is -2.09. The normalized spacial score (nSPS) is 12.9. The van der Waals surface area contributed by atoms with Gasteiger partial charge in [0.15, 0.2) is 0 Å². The monoisotopic (exact) mass is 237 g/mol. The molecule has 0 amide bonds. The van der Waals surface area contributed by atoms with Crippen LogP contribution in [0.5, 0.6) is 0 Å². The lowest BCUT2D eigenvalue weighted by molar-refractivity contribution is 0.611. The molecule has 5 heteroatoms. The molecule has 4 nitrogen and oxygen atoms in total. The van der Waals surface area contributed by atoms with Crippen LogP contribution in [0.3, 0.4) is 0 Å². The second-order valence-corrected chi connectivity index (χ2v) is 4.06. The van der Waals surface area contributed by atoms with Gasteiger partial charge in [0.05, 0.1) is 16.9 Å². The Bertz CT molecular complexity index is 579. The smallest absolute Gasteiger partial charge is 0.258 e. The highest BCUT2D eigenvalue weighted by atomic mass is 35.5. The molecule has 1 unspecified atom stereocenters. The van der Waals surface area contributed by atoms with E-state index in [1.54, 1.807) is 18.2 Å². The standard InChI is InChI=1S/C11H12ClN3O/c1-6(13-2)10-14-9-4-3-7(12)5-8(9)11(16)15-10/h3-6,13H,1-2H3,(H,14,15,16). The Labute approximate surface area is 97.7 Å². The number of nitrogens with one attached hydrogen (secondary N) is 2. The summed E-state index contributed by atoms with van der Waals surface area (Å²) in [5.74, 6) is 0.627.